The Hall–Kier alpha value is -2.49. The van der Waals surface area contributed by atoms with Gasteiger partial charge in [-0.15, -0.1) is 16.4 Å². The van der Waals surface area contributed by atoms with Crippen LogP contribution in [0.5, 0.6) is 0 Å². The average molecular weight is 379 g/mol. The maximum absolute atomic E-state index is 11.2. The van der Waals surface area contributed by atoms with Crippen LogP contribution >= 0.6 is 11.3 Å². The standard InChI is InChI=1S/C16H25N7O2S/c1-5-17-16(18-7-6-14-20-11(2)12(3)26-14)19-8-13-9-23(22-21-13)10-15(24)25-4/h9H,5-8,10H2,1-4H3,(H2,17,18,19). The van der Waals surface area contributed by atoms with Gasteiger partial charge in [0.1, 0.15) is 12.2 Å². The van der Waals surface area contributed by atoms with Gasteiger partial charge in [-0.1, -0.05) is 5.21 Å². The van der Waals surface area contributed by atoms with Crippen LogP contribution in [0.4, 0.5) is 0 Å². The molecule has 0 fully saturated rings. The number of hydrogen-bond acceptors (Lipinski definition) is 7. The molecule has 0 saturated carbocycles. The van der Waals surface area contributed by atoms with E-state index in [4.69, 9.17) is 0 Å². The molecule has 0 bridgehead atoms. The van der Waals surface area contributed by atoms with Crippen LogP contribution in [0.2, 0.25) is 0 Å². The molecule has 2 N–H and O–H groups in total. The highest BCUT2D eigenvalue weighted by Crippen LogP contribution is 2.16. The first-order chi connectivity index (χ1) is 12.5. The lowest BCUT2D eigenvalue weighted by Gasteiger charge is -2.10. The molecule has 2 rings (SSSR count). The van der Waals surface area contributed by atoms with Gasteiger partial charge in [-0.25, -0.2) is 14.7 Å². The molecule has 0 amide bonds. The monoisotopic (exact) mass is 379 g/mol. The number of carbonyl (C=O) groups is 1. The Balaban J connectivity index is 1.86. The number of methoxy groups -OCH3 is 1. The van der Waals surface area contributed by atoms with Gasteiger partial charge >= 0.3 is 5.97 Å². The minimum Gasteiger partial charge on any atom is -0.468 e. The van der Waals surface area contributed by atoms with E-state index in [0.29, 0.717) is 18.2 Å². The highest BCUT2D eigenvalue weighted by atomic mass is 32.1. The van der Waals surface area contributed by atoms with E-state index in [0.717, 1.165) is 30.2 Å². The number of nitrogens with one attached hydrogen (secondary N) is 2. The molecule has 142 valence electrons. The van der Waals surface area contributed by atoms with Gasteiger partial charge in [0.25, 0.3) is 0 Å². The van der Waals surface area contributed by atoms with Crippen LogP contribution in [0.15, 0.2) is 11.2 Å². The Kier molecular flexibility index (Phi) is 7.52. The predicted molar refractivity (Wildman–Crippen MR) is 100 cm³/mol. The number of carbonyl (C=O) groups excluding carboxylic acids is 1. The normalized spacial score (nSPS) is 11.5. The van der Waals surface area contributed by atoms with Crippen molar-refractivity contribution in [2.75, 3.05) is 20.2 Å². The minimum absolute atomic E-state index is 0.0399. The molecule has 0 spiro atoms. The summed E-state index contributed by atoms with van der Waals surface area (Å²) in [6, 6.07) is 0. The molecule has 0 aliphatic rings. The fourth-order valence-electron chi connectivity index (χ4n) is 2.12. The van der Waals surface area contributed by atoms with E-state index in [9.17, 15) is 4.79 Å². The molecule has 0 saturated heterocycles. The van der Waals surface area contributed by atoms with Crippen molar-refractivity contribution in [3.63, 3.8) is 0 Å². The van der Waals surface area contributed by atoms with E-state index < -0.39 is 0 Å². The Morgan fingerprint density at radius 1 is 1.38 bits per heavy atom. The molecule has 0 aliphatic heterocycles. The average Bonchev–Trinajstić information content (AvgIpc) is 3.19. The molecule has 9 nitrogen and oxygen atoms in total. The summed E-state index contributed by atoms with van der Waals surface area (Å²) in [7, 11) is 1.34. The quantitative estimate of drug-likeness (QED) is 0.397. The minimum atomic E-state index is -0.368. The third-order valence-corrected chi connectivity index (χ3v) is 4.69. The van der Waals surface area contributed by atoms with Gasteiger partial charge in [-0.3, -0.25) is 4.79 Å². The molecular formula is C16H25N7O2S. The van der Waals surface area contributed by atoms with Gasteiger partial charge < -0.3 is 15.4 Å². The molecule has 0 atom stereocenters. The maximum atomic E-state index is 11.2. The van der Waals surface area contributed by atoms with Gasteiger partial charge in [0.15, 0.2) is 5.96 Å². The number of nitrogens with zero attached hydrogens (tertiary/aromatic N) is 5. The summed E-state index contributed by atoms with van der Waals surface area (Å²) in [6.45, 7) is 8.04. The van der Waals surface area contributed by atoms with Crippen molar-refractivity contribution in [1.29, 1.82) is 0 Å². The topological polar surface area (TPSA) is 106 Å². The van der Waals surface area contributed by atoms with Crippen LogP contribution in [-0.4, -0.2) is 52.1 Å². The number of rotatable bonds is 8. The van der Waals surface area contributed by atoms with Gasteiger partial charge in [0, 0.05) is 24.4 Å². The number of aromatic nitrogens is 4. The van der Waals surface area contributed by atoms with E-state index in [2.05, 4.69) is 42.6 Å². The first kappa shape index (κ1) is 19.8. The zero-order valence-electron chi connectivity index (χ0n) is 15.6. The van der Waals surface area contributed by atoms with Gasteiger partial charge in [-0.2, -0.15) is 0 Å². The lowest BCUT2D eigenvalue weighted by Crippen LogP contribution is -2.38. The highest BCUT2D eigenvalue weighted by Gasteiger charge is 2.07. The van der Waals surface area contributed by atoms with Crippen LogP contribution in [0.3, 0.4) is 0 Å². The van der Waals surface area contributed by atoms with E-state index in [1.807, 2.05) is 13.8 Å². The number of hydrogen-bond donors (Lipinski definition) is 2. The number of aliphatic imine (C=N–C) groups is 1. The van der Waals surface area contributed by atoms with Gasteiger partial charge in [0.2, 0.25) is 0 Å². The first-order valence-corrected chi connectivity index (χ1v) is 9.24. The van der Waals surface area contributed by atoms with Gasteiger partial charge in [0.05, 0.1) is 30.6 Å². The fraction of sp³-hybridized carbons (Fsp3) is 0.562. The van der Waals surface area contributed by atoms with Crippen molar-refractivity contribution >= 4 is 23.3 Å². The van der Waals surface area contributed by atoms with E-state index in [1.165, 1.54) is 16.7 Å². The summed E-state index contributed by atoms with van der Waals surface area (Å²) in [5.41, 5.74) is 1.78. The summed E-state index contributed by atoms with van der Waals surface area (Å²) in [6.07, 6.45) is 2.53. The molecular weight excluding hydrogens is 354 g/mol. The lowest BCUT2D eigenvalue weighted by atomic mass is 10.4. The predicted octanol–water partition coefficient (Wildman–Crippen LogP) is 0.822. The molecule has 26 heavy (non-hydrogen) atoms. The first-order valence-electron chi connectivity index (χ1n) is 8.42. The second-order valence-electron chi connectivity index (χ2n) is 5.60. The van der Waals surface area contributed by atoms with Crippen molar-refractivity contribution < 1.29 is 9.53 Å². The Bertz CT molecular complexity index is 734. The molecule has 10 heteroatoms. The Labute approximate surface area is 156 Å². The van der Waals surface area contributed by atoms with Crippen molar-refractivity contribution in [3.05, 3.63) is 27.5 Å². The van der Waals surface area contributed by atoms with Crippen molar-refractivity contribution in [2.24, 2.45) is 4.99 Å². The highest BCUT2D eigenvalue weighted by molar-refractivity contribution is 7.11. The number of guanidine groups is 1. The molecule has 2 aromatic heterocycles. The zero-order chi connectivity index (χ0) is 18.9. The summed E-state index contributed by atoms with van der Waals surface area (Å²) < 4.78 is 6.04. The summed E-state index contributed by atoms with van der Waals surface area (Å²) in [4.78, 5) is 21.5. The Morgan fingerprint density at radius 2 is 2.19 bits per heavy atom. The summed E-state index contributed by atoms with van der Waals surface area (Å²) in [5, 5.41) is 15.5. The molecule has 0 aliphatic carbocycles. The third-order valence-electron chi connectivity index (χ3n) is 3.55. The zero-order valence-corrected chi connectivity index (χ0v) is 16.4. The van der Waals surface area contributed by atoms with Crippen LogP contribution in [0, 0.1) is 13.8 Å². The van der Waals surface area contributed by atoms with E-state index in [-0.39, 0.29) is 12.5 Å². The van der Waals surface area contributed by atoms with Crippen molar-refractivity contribution in [3.8, 4) is 0 Å². The number of thiazole rings is 1. The molecule has 0 aromatic carbocycles. The van der Waals surface area contributed by atoms with Crippen LogP contribution in [-0.2, 0) is 29.0 Å². The SMILES string of the molecule is CCNC(=NCc1cn(CC(=O)OC)nn1)NCCc1nc(C)c(C)s1. The largest absolute Gasteiger partial charge is 0.468 e. The van der Waals surface area contributed by atoms with Crippen LogP contribution in [0.1, 0.15) is 28.2 Å². The van der Waals surface area contributed by atoms with Crippen LogP contribution < -0.4 is 10.6 Å². The second kappa shape index (κ2) is 9.85. The summed E-state index contributed by atoms with van der Waals surface area (Å²) >= 11 is 1.73. The third kappa shape index (κ3) is 6.10. The number of esters is 1. The van der Waals surface area contributed by atoms with Gasteiger partial charge in [-0.05, 0) is 20.8 Å². The second-order valence-corrected chi connectivity index (χ2v) is 6.89. The lowest BCUT2D eigenvalue weighted by molar-refractivity contribution is -0.141. The van der Waals surface area contributed by atoms with Crippen molar-refractivity contribution in [2.45, 2.75) is 40.3 Å². The number of aryl methyl sites for hydroxylation is 2. The molecule has 0 unspecified atom stereocenters. The molecule has 2 aromatic rings. The van der Waals surface area contributed by atoms with E-state index >= 15 is 0 Å². The smallest absolute Gasteiger partial charge is 0.327 e. The summed E-state index contributed by atoms with van der Waals surface area (Å²) in [5.74, 6) is 0.340. The van der Waals surface area contributed by atoms with Crippen molar-refractivity contribution in [1.82, 2.24) is 30.6 Å². The maximum Gasteiger partial charge on any atom is 0.327 e. The Morgan fingerprint density at radius 3 is 2.85 bits per heavy atom. The van der Waals surface area contributed by atoms with Crippen LogP contribution in [0.25, 0.3) is 0 Å². The molecule has 0 radical (unpaired) electrons. The number of ether oxygens (including phenoxy) is 1. The fourth-order valence-corrected chi connectivity index (χ4v) is 3.05. The molecule has 2 heterocycles. The van der Waals surface area contributed by atoms with E-state index in [1.54, 1.807) is 17.5 Å².